The van der Waals surface area contributed by atoms with Crippen molar-refractivity contribution in [2.24, 2.45) is 17.8 Å². The average Bonchev–Trinajstić information content (AvgIpc) is 3.73. The van der Waals surface area contributed by atoms with Crippen LogP contribution in [0.5, 0.6) is 0 Å². The van der Waals surface area contributed by atoms with Crippen LogP contribution in [-0.4, -0.2) is 69.9 Å². The minimum absolute atomic E-state index is 0.104. The van der Waals surface area contributed by atoms with Gasteiger partial charge in [0, 0.05) is 36.5 Å². The second-order valence-corrected chi connectivity index (χ2v) is 11.8. The Balaban J connectivity index is 1.34. The molecule has 0 aliphatic carbocycles. The molecule has 3 aromatic rings. The molecule has 4 amide bonds. The van der Waals surface area contributed by atoms with Gasteiger partial charge in [-0.1, -0.05) is 62.4 Å². The molecule has 0 bridgehead atoms. The third-order valence-electron chi connectivity index (χ3n) is 8.59. The number of nitrogens with zero attached hydrogens (tertiary/aromatic N) is 1. The highest BCUT2D eigenvalue weighted by atomic mass is 16.3. The van der Waals surface area contributed by atoms with Gasteiger partial charge < -0.3 is 30.9 Å². The van der Waals surface area contributed by atoms with Gasteiger partial charge in [0.2, 0.25) is 11.8 Å². The van der Waals surface area contributed by atoms with E-state index < -0.39 is 35.9 Å². The van der Waals surface area contributed by atoms with Crippen LogP contribution in [0.15, 0.2) is 60.7 Å². The van der Waals surface area contributed by atoms with E-state index in [1.165, 1.54) is 0 Å². The van der Waals surface area contributed by atoms with E-state index in [9.17, 15) is 24.3 Å². The van der Waals surface area contributed by atoms with Crippen molar-refractivity contribution in [3.63, 3.8) is 0 Å². The predicted octanol–water partition coefficient (Wildman–Crippen LogP) is 2.34. The number of aliphatic hydroxyl groups excluding tert-OH is 1. The third kappa shape index (κ3) is 6.49. The summed E-state index contributed by atoms with van der Waals surface area (Å²) in [5, 5.41) is 20.4. The first kappa shape index (κ1) is 29.3. The molecule has 5 atom stereocenters. The number of H-pyrrole nitrogens is 1. The molecule has 0 spiro atoms. The van der Waals surface area contributed by atoms with E-state index in [1.54, 1.807) is 11.0 Å². The molecule has 0 radical (unpaired) electrons. The van der Waals surface area contributed by atoms with Crippen molar-refractivity contribution in [1.82, 2.24) is 25.8 Å². The Morgan fingerprint density at radius 2 is 1.81 bits per heavy atom. The Morgan fingerprint density at radius 3 is 2.50 bits per heavy atom. The number of aliphatic hydroxyl groups is 1. The van der Waals surface area contributed by atoms with E-state index in [4.69, 9.17) is 0 Å². The molecule has 1 unspecified atom stereocenters. The summed E-state index contributed by atoms with van der Waals surface area (Å²) in [4.78, 5) is 57.7. The minimum atomic E-state index is -1.58. The van der Waals surface area contributed by atoms with Gasteiger partial charge >= 0.3 is 0 Å². The van der Waals surface area contributed by atoms with Gasteiger partial charge in [-0.2, -0.15) is 0 Å². The molecule has 42 heavy (non-hydrogen) atoms. The van der Waals surface area contributed by atoms with Crippen LogP contribution in [0.4, 0.5) is 0 Å². The third-order valence-corrected chi connectivity index (χ3v) is 8.59. The minimum Gasteiger partial charge on any atom is -0.381 e. The average molecular weight is 574 g/mol. The van der Waals surface area contributed by atoms with Gasteiger partial charge in [-0.15, -0.1) is 0 Å². The lowest BCUT2D eigenvalue weighted by Gasteiger charge is -2.29. The van der Waals surface area contributed by atoms with E-state index in [0.29, 0.717) is 31.6 Å². The molecule has 5 N–H and O–H groups in total. The molecule has 2 aliphatic rings. The fraction of sp³-hybridized carbons (Fsp3) is 0.438. The van der Waals surface area contributed by atoms with E-state index in [2.05, 4.69) is 34.8 Å². The smallest absolute Gasteiger partial charge is 0.270 e. The highest BCUT2D eigenvalue weighted by Gasteiger charge is 2.43. The Kier molecular flexibility index (Phi) is 8.91. The van der Waals surface area contributed by atoms with Crippen LogP contribution in [0.2, 0.25) is 0 Å². The molecule has 2 fully saturated rings. The quantitative estimate of drug-likeness (QED) is 0.253. The van der Waals surface area contributed by atoms with Crippen LogP contribution in [0.25, 0.3) is 10.9 Å². The Labute approximate surface area is 245 Å². The number of hydrogen-bond donors (Lipinski definition) is 5. The maximum Gasteiger partial charge on any atom is 0.270 e. The lowest BCUT2D eigenvalue weighted by Crippen LogP contribution is -2.55. The summed E-state index contributed by atoms with van der Waals surface area (Å²) in [6.07, 6.45) is -0.463. The van der Waals surface area contributed by atoms with Crippen LogP contribution >= 0.6 is 0 Å². The summed E-state index contributed by atoms with van der Waals surface area (Å²) >= 11 is 0. The SMILES string of the molecule is CC(C)[C@@H]1C[C@@H](C(=O)N[C@@H](C[C@@H]2CCNC2=O)C(O)C(=O)NCc2ccccc2)N(C(=O)c2cc3ccccc3[nH]2)C1. The number of nitrogens with one attached hydrogen (secondary N) is 4. The van der Waals surface area contributed by atoms with Gasteiger partial charge in [0.15, 0.2) is 6.10 Å². The fourth-order valence-corrected chi connectivity index (χ4v) is 5.96. The number of amides is 4. The monoisotopic (exact) mass is 573 g/mol. The van der Waals surface area contributed by atoms with Gasteiger partial charge in [-0.05, 0) is 48.8 Å². The van der Waals surface area contributed by atoms with Crippen molar-refractivity contribution in [3.8, 4) is 0 Å². The number of rotatable bonds is 10. The Bertz CT molecular complexity index is 1400. The van der Waals surface area contributed by atoms with E-state index >= 15 is 0 Å². The van der Waals surface area contributed by atoms with Crippen molar-refractivity contribution >= 4 is 34.5 Å². The van der Waals surface area contributed by atoms with Crippen molar-refractivity contribution in [1.29, 1.82) is 0 Å². The van der Waals surface area contributed by atoms with Crippen LogP contribution in [0.3, 0.4) is 0 Å². The summed E-state index contributed by atoms with van der Waals surface area (Å²) in [5.74, 6) is -1.62. The first-order valence-corrected chi connectivity index (χ1v) is 14.7. The lowest BCUT2D eigenvalue weighted by atomic mass is 9.92. The summed E-state index contributed by atoms with van der Waals surface area (Å²) in [6.45, 7) is 5.27. The highest BCUT2D eigenvalue weighted by molar-refractivity contribution is 6.00. The zero-order valence-corrected chi connectivity index (χ0v) is 24.0. The maximum atomic E-state index is 13.8. The van der Waals surface area contributed by atoms with E-state index in [0.717, 1.165) is 16.5 Å². The molecule has 2 aliphatic heterocycles. The number of hydrogen-bond acceptors (Lipinski definition) is 5. The van der Waals surface area contributed by atoms with Crippen molar-refractivity contribution < 1.29 is 24.3 Å². The second kappa shape index (κ2) is 12.8. The molecule has 5 rings (SSSR count). The molecule has 222 valence electrons. The molecule has 3 heterocycles. The van der Waals surface area contributed by atoms with Crippen LogP contribution in [0.1, 0.15) is 49.2 Å². The first-order valence-electron chi connectivity index (χ1n) is 14.7. The molecule has 2 aromatic carbocycles. The second-order valence-electron chi connectivity index (χ2n) is 11.8. The van der Waals surface area contributed by atoms with Crippen molar-refractivity contribution in [2.75, 3.05) is 13.1 Å². The number of aromatic amines is 1. The van der Waals surface area contributed by atoms with E-state index in [1.807, 2.05) is 54.6 Å². The molecule has 2 saturated heterocycles. The van der Waals surface area contributed by atoms with Crippen molar-refractivity contribution in [2.45, 2.75) is 57.8 Å². The van der Waals surface area contributed by atoms with Gasteiger partial charge in [0.25, 0.3) is 11.8 Å². The number of likely N-dealkylation sites (tertiary alicyclic amines) is 1. The number of carbonyl (C=O) groups is 4. The zero-order valence-electron chi connectivity index (χ0n) is 24.0. The molecule has 0 saturated carbocycles. The number of benzene rings is 2. The van der Waals surface area contributed by atoms with Crippen LogP contribution < -0.4 is 16.0 Å². The molecule has 1 aromatic heterocycles. The van der Waals surface area contributed by atoms with Gasteiger partial charge in [-0.25, -0.2) is 0 Å². The summed E-state index contributed by atoms with van der Waals surface area (Å²) in [6, 6.07) is 16.9. The number of fused-ring (bicyclic) bond motifs is 1. The molecular weight excluding hydrogens is 534 g/mol. The first-order chi connectivity index (χ1) is 20.2. The standard InChI is InChI=1S/C32H39N5O5/c1-19(2)23-16-27(37(18-23)32(42)26-14-21-10-6-7-11-24(21)35-26)30(40)36-25(15-22-12-13-33-29(22)39)28(38)31(41)34-17-20-8-4-3-5-9-20/h3-11,14,19,22-23,25,27-28,35,38H,12-13,15-18H2,1-2H3,(H,33,39)(H,34,41)(H,36,40)/t22-,23+,25-,27-,28?/m0/s1. The highest BCUT2D eigenvalue weighted by Crippen LogP contribution is 2.31. The van der Waals surface area contributed by atoms with Gasteiger partial charge in [0.05, 0.1) is 6.04 Å². The van der Waals surface area contributed by atoms with Gasteiger partial charge in [-0.3, -0.25) is 19.2 Å². The van der Waals surface area contributed by atoms with E-state index in [-0.39, 0.29) is 36.6 Å². The summed E-state index contributed by atoms with van der Waals surface area (Å²) < 4.78 is 0. The molecule has 10 heteroatoms. The lowest BCUT2D eigenvalue weighted by molar-refractivity contribution is -0.134. The maximum absolute atomic E-state index is 13.8. The number of aromatic nitrogens is 1. The predicted molar refractivity (Wildman–Crippen MR) is 158 cm³/mol. The largest absolute Gasteiger partial charge is 0.381 e. The van der Waals surface area contributed by atoms with Crippen molar-refractivity contribution in [3.05, 3.63) is 71.9 Å². The Morgan fingerprint density at radius 1 is 1.07 bits per heavy atom. The topological polar surface area (TPSA) is 144 Å². The number of carbonyl (C=O) groups excluding carboxylic acids is 4. The fourth-order valence-electron chi connectivity index (χ4n) is 5.96. The zero-order chi connectivity index (χ0) is 29.8. The molecule has 10 nitrogen and oxygen atoms in total. The Hall–Kier alpha value is -4.18. The summed E-state index contributed by atoms with van der Waals surface area (Å²) in [5.41, 5.74) is 2.10. The summed E-state index contributed by atoms with van der Waals surface area (Å²) in [7, 11) is 0. The number of para-hydroxylation sites is 1. The molecular formula is C32H39N5O5. The van der Waals surface area contributed by atoms with Crippen LogP contribution in [-0.2, 0) is 20.9 Å². The van der Waals surface area contributed by atoms with Gasteiger partial charge in [0.1, 0.15) is 11.7 Å². The normalized spacial score (nSPS) is 21.8. The van der Waals surface area contributed by atoms with Crippen LogP contribution in [0, 0.1) is 17.8 Å².